The third-order valence-corrected chi connectivity index (χ3v) is 2.66. The first-order valence-electron chi connectivity index (χ1n) is 5.64. The van der Waals surface area contributed by atoms with Crippen molar-refractivity contribution in [2.45, 2.75) is 6.92 Å². The van der Waals surface area contributed by atoms with E-state index in [1.165, 1.54) is 30.3 Å². The molecule has 0 saturated carbocycles. The van der Waals surface area contributed by atoms with Gasteiger partial charge in [0.15, 0.2) is 0 Å². The molecule has 2 aromatic carbocycles. The predicted octanol–water partition coefficient (Wildman–Crippen LogP) is 3.71. The number of ether oxygens (including phenoxy) is 1. The van der Waals surface area contributed by atoms with E-state index < -0.39 is 10.7 Å². The molecule has 100 valence electrons. The number of hydrogen-bond donors (Lipinski definition) is 0. The van der Waals surface area contributed by atoms with Gasteiger partial charge in [-0.05, 0) is 24.6 Å². The van der Waals surface area contributed by atoms with Crippen LogP contribution in [0.15, 0.2) is 36.4 Å². The minimum Gasteiger partial charge on any atom is -0.450 e. The second kappa shape index (κ2) is 5.36. The van der Waals surface area contributed by atoms with Gasteiger partial charge < -0.3 is 4.74 Å². The molecule has 0 unspecified atom stereocenters. The van der Waals surface area contributed by atoms with E-state index in [0.717, 1.165) is 6.07 Å². The van der Waals surface area contributed by atoms with E-state index in [-0.39, 0.29) is 22.7 Å². The molecule has 0 saturated heterocycles. The zero-order chi connectivity index (χ0) is 14.7. The van der Waals surface area contributed by atoms with Gasteiger partial charge in [-0.25, -0.2) is 4.39 Å². The highest BCUT2D eigenvalue weighted by molar-refractivity contribution is 5.53. The zero-order valence-corrected chi connectivity index (χ0v) is 10.5. The summed E-state index contributed by atoms with van der Waals surface area (Å²) in [6.45, 7) is 1.60. The van der Waals surface area contributed by atoms with Gasteiger partial charge in [-0.1, -0.05) is 6.07 Å². The zero-order valence-electron chi connectivity index (χ0n) is 10.5. The molecule has 0 aliphatic heterocycles. The van der Waals surface area contributed by atoms with E-state index in [1.54, 1.807) is 6.92 Å². The Labute approximate surface area is 114 Å². The highest BCUT2D eigenvalue weighted by Crippen LogP contribution is 2.32. The Morgan fingerprint density at radius 1 is 1.30 bits per heavy atom. The highest BCUT2D eigenvalue weighted by Gasteiger charge is 2.17. The topological polar surface area (TPSA) is 76.2 Å². The van der Waals surface area contributed by atoms with Crippen LogP contribution >= 0.6 is 0 Å². The number of nitro benzene ring substituents is 1. The van der Waals surface area contributed by atoms with Crippen molar-refractivity contribution in [3.63, 3.8) is 0 Å². The normalized spacial score (nSPS) is 9.85. The lowest BCUT2D eigenvalue weighted by atomic mass is 10.2. The van der Waals surface area contributed by atoms with Crippen molar-refractivity contribution in [2.24, 2.45) is 0 Å². The van der Waals surface area contributed by atoms with Crippen molar-refractivity contribution in [3.05, 3.63) is 63.5 Å². The summed E-state index contributed by atoms with van der Waals surface area (Å²) in [6, 6.07) is 9.75. The second-order valence-electron chi connectivity index (χ2n) is 4.06. The van der Waals surface area contributed by atoms with Gasteiger partial charge in [0.25, 0.3) is 0 Å². The van der Waals surface area contributed by atoms with Gasteiger partial charge in [0, 0.05) is 18.2 Å². The van der Waals surface area contributed by atoms with E-state index in [4.69, 9.17) is 10.00 Å². The molecule has 20 heavy (non-hydrogen) atoms. The van der Waals surface area contributed by atoms with Crippen LogP contribution in [-0.4, -0.2) is 4.92 Å². The quantitative estimate of drug-likeness (QED) is 0.630. The summed E-state index contributed by atoms with van der Waals surface area (Å²) < 4.78 is 18.7. The Morgan fingerprint density at radius 2 is 2.05 bits per heavy atom. The van der Waals surface area contributed by atoms with E-state index >= 15 is 0 Å². The molecule has 0 bridgehead atoms. The Morgan fingerprint density at radius 3 is 2.65 bits per heavy atom. The van der Waals surface area contributed by atoms with Crippen LogP contribution in [0.4, 0.5) is 10.1 Å². The summed E-state index contributed by atoms with van der Waals surface area (Å²) in [4.78, 5) is 10.3. The van der Waals surface area contributed by atoms with Crippen molar-refractivity contribution in [1.29, 1.82) is 5.26 Å². The minimum absolute atomic E-state index is 0.0997. The lowest BCUT2D eigenvalue weighted by molar-refractivity contribution is -0.385. The molecule has 0 heterocycles. The molecule has 0 radical (unpaired) electrons. The summed E-state index contributed by atoms with van der Waals surface area (Å²) in [5.74, 6) is -0.440. The molecule has 0 aromatic heterocycles. The number of nitrogens with zero attached hydrogens (tertiary/aromatic N) is 2. The molecule has 0 fully saturated rings. The minimum atomic E-state index is -0.624. The Hall–Kier alpha value is -2.94. The van der Waals surface area contributed by atoms with Crippen LogP contribution in [0.2, 0.25) is 0 Å². The van der Waals surface area contributed by atoms with Gasteiger partial charge >= 0.3 is 5.69 Å². The number of hydrogen-bond acceptors (Lipinski definition) is 4. The lowest BCUT2D eigenvalue weighted by Gasteiger charge is -2.07. The predicted molar refractivity (Wildman–Crippen MR) is 69.0 cm³/mol. The molecule has 0 amide bonds. The lowest BCUT2D eigenvalue weighted by Crippen LogP contribution is -1.95. The summed E-state index contributed by atoms with van der Waals surface area (Å²) in [7, 11) is 0. The van der Waals surface area contributed by atoms with Crippen molar-refractivity contribution in [3.8, 4) is 17.6 Å². The van der Waals surface area contributed by atoms with Crippen LogP contribution in [0.3, 0.4) is 0 Å². The number of halogens is 1. The Kier molecular flexibility index (Phi) is 3.62. The first-order valence-corrected chi connectivity index (χ1v) is 5.64. The van der Waals surface area contributed by atoms with Crippen molar-refractivity contribution >= 4 is 5.69 Å². The molecule has 2 aromatic rings. The third-order valence-electron chi connectivity index (χ3n) is 2.66. The number of aryl methyl sites for hydroxylation is 1. The van der Waals surface area contributed by atoms with E-state index in [0.29, 0.717) is 5.56 Å². The number of nitro groups is 1. The first kappa shape index (κ1) is 13.5. The summed E-state index contributed by atoms with van der Waals surface area (Å²) in [5.41, 5.74) is 0.376. The molecule has 0 aliphatic rings. The summed E-state index contributed by atoms with van der Waals surface area (Å²) >= 11 is 0. The van der Waals surface area contributed by atoms with E-state index in [9.17, 15) is 14.5 Å². The SMILES string of the molecule is Cc1ccc(Oc2cc(C#N)ccc2[N+](=O)[O-])cc1F. The maximum Gasteiger partial charge on any atom is 0.311 e. The first-order chi connectivity index (χ1) is 9.51. The molecule has 0 aliphatic carbocycles. The standard InChI is InChI=1S/C14H9FN2O3/c1-9-2-4-11(7-12(9)15)20-14-6-10(8-16)3-5-13(14)17(18)19/h2-7H,1H3. The highest BCUT2D eigenvalue weighted by atomic mass is 19.1. The van der Waals surface area contributed by atoms with Gasteiger partial charge in [-0.15, -0.1) is 0 Å². The fourth-order valence-electron chi connectivity index (χ4n) is 1.58. The van der Waals surface area contributed by atoms with Crippen LogP contribution in [0.1, 0.15) is 11.1 Å². The molecular weight excluding hydrogens is 263 g/mol. The monoisotopic (exact) mass is 272 g/mol. The molecule has 0 N–H and O–H groups in total. The van der Waals surface area contributed by atoms with Crippen LogP contribution in [0, 0.1) is 34.2 Å². The molecule has 6 heteroatoms. The average Bonchev–Trinajstić information content (AvgIpc) is 2.42. The fraction of sp³-hybridized carbons (Fsp3) is 0.0714. The molecule has 5 nitrogen and oxygen atoms in total. The van der Waals surface area contributed by atoms with Gasteiger partial charge in [0.2, 0.25) is 5.75 Å². The largest absolute Gasteiger partial charge is 0.450 e. The Bertz CT molecular complexity index is 723. The fourth-order valence-corrected chi connectivity index (χ4v) is 1.58. The smallest absolute Gasteiger partial charge is 0.311 e. The van der Waals surface area contributed by atoms with Crippen LogP contribution in [0.5, 0.6) is 11.5 Å². The Balaban J connectivity index is 2.43. The number of benzene rings is 2. The molecular formula is C14H9FN2O3. The van der Waals surface area contributed by atoms with Gasteiger partial charge in [0.1, 0.15) is 11.6 Å². The van der Waals surface area contributed by atoms with E-state index in [2.05, 4.69) is 0 Å². The number of rotatable bonds is 3. The molecule has 0 spiro atoms. The van der Waals surface area contributed by atoms with Gasteiger partial charge in [0.05, 0.1) is 16.6 Å². The molecule has 0 atom stereocenters. The van der Waals surface area contributed by atoms with Crippen molar-refractivity contribution in [1.82, 2.24) is 0 Å². The maximum atomic E-state index is 13.4. The average molecular weight is 272 g/mol. The number of nitriles is 1. The van der Waals surface area contributed by atoms with Crippen LogP contribution in [-0.2, 0) is 0 Å². The van der Waals surface area contributed by atoms with Gasteiger partial charge in [-0.2, -0.15) is 5.26 Å². The van der Waals surface area contributed by atoms with Crippen molar-refractivity contribution < 1.29 is 14.1 Å². The van der Waals surface area contributed by atoms with Crippen molar-refractivity contribution in [2.75, 3.05) is 0 Å². The maximum absolute atomic E-state index is 13.4. The van der Waals surface area contributed by atoms with Gasteiger partial charge in [-0.3, -0.25) is 10.1 Å². The molecule has 2 rings (SSSR count). The second-order valence-corrected chi connectivity index (χ2v) is 4.06. The third kappa shape index (κ3) is 2.72. The van der Waals surface area contributed by atoms with Crippen LogP contribution in [0.25, 0.3) is 0 Å². The summed E-state index contributed by atoms with van der Waals surface area (Å²) in [5, 5.41) is 19.7. The van der Waals surface area contributed by atoms with E-state index in [1.807, 2.05) is 6.07 Å². The summed E-state index contributed by atoms with van der Waals surface area (Å²) in [6.07, 6.45) is 0. The van der Waals surface area contributed by atoms with Crippen LogP contribution < -0.4 is 4.74 Å².